The van der Waals surface area contributed by atoms with E-state index in [2.05, 4.69) is 11.9 Å². The summed E-state index contributed by atoms with van der Waals surface area (Å²) in [6, 6.07) is 5.66. The third kappa shape index (κ3) is 2.40. The molecule has 0 aliphatic rings. The molecule has 3 heteroatoms. The molecular weight excluding hydrogens is 169 g/mol. The molecule has 0 radical (unpaired) electrons. The smallest absolute Gasteiger partial charge is 0.207 e. The standard InChI is InChI=1S/C10H10FNO/c1-2-10(12-7-13)8-3-5-9(11)6-4-8/h2-7,10H,1H2,(H,12,13). The fourth-order valence-electron chi connectivity index (χ4n) is 1.04. The van der Waals surface area contributed by atoms with E-state index in [1.54, 1.807) is 18.2 Å². The third-order valence-corrected chi connectivity index (χ3v) is 1.71. The summed E-state index contributed by atoms with van der Waals surface area (Å²) in [5.41, 5.74) is 0.809. The maximum Gasteiger partial charge on any atom is 0.207 e. The van der Waals surface area contributed by atoms with Crippen LogP contribution < -0.4 is 5.32 Å². The lowest BCUT2D eigenvalue weighted by molar-refractivity contribution is -0.109. The Kier molecular flexibility index (Phi) is 3.20. The lowest BCUT2D eigenvalue weighted by atomic mass is 10.1. The van der Waals surface area contributed by atoms with Crippen LogP contribution in [0.1, 0.15) is 11.6 Å². The van der Waals surface area contributed by atoms with Crippen molar-refractivity contribution in [2.45, 2.75) is 6.04 Å². The van der Waals surface area contributed by atoms with Crippen molar-refractivity contribution in [2.75, 3.05) is 0 Å². The Balaban J connectivity index is 2.84. The molecule has 0 spiro atoms. The molecule has 68 valence electrons. The first-order valence-corrected chi connectivity index (χ1v) is 3.85. The van der Waals surface area contributed by atoms with Crippen LogP contribution in [0.25, 0.3) is 0 Å². The van der Waals surface area contributed by atoms with Gasteiger partial charge in [0, 0.05) is 0 Å². The molecule has 1 aromatic carbocycles. The first-order valence-electron chi connectivity index (χ1n) is 3.85. The van der Waals surface area contributed by atoms with Gasteiger partial charge in [0.15, 0.2) is 0 Å². The zero-order valence-corrected chi connectivity index (χ0v) is 7.03. The van der Waals surface area contributed by atoms with E-state index in [9.17, 15) is 9.18 Å². The molecular formula is C10H10FNO. The fraction of sp³-hybridized carbons (Fsp3) is 0.100. The highest BCUT2D eigenvalue weighted by Crippen LogP contribution is 2.13. The van der Waals surface area contributed by atoms with E-state index in [0.29, 0.717) is 6.41 Å². The van der Waals surface area contributed by atoms with Gasteiger partial charge in [0.25, 0.3) is 0 Å². The Morgan fingerprint density at radius 2 is 2.00 bits per heavy atom. The average molecular weight is 179 g/mol. The van der Waals surface area contributed by atoms with Crippen LogP contribution in [0, 0.1) is 5.82 Å². The first kappa shape index (κ1) is 9.45. The molecule has 0 saturated carbocycles. The minimum Gasteiger partial charge on any atom is -0.348 e. The molecule has 0 aromatic heterocycles. The molecule has 1 N–H and O–H groups in total. The zero-order chi connectivity index (χ0) is 9.68. The number of carbonyl (C=O) groups is 1. The van der Waals surface area contributed by atoms with Gasteiger partial charge >= 0.3 is 0 Å². The van der Waals surface area contributed by atoms with Crippen molar-refractivity contribution in [3.05, 3.63) is 48.3 Å². The van der Waals surface area contributed by atoms with Crippen LogP contribution in [0.2, 0.25) is 0 Å². The van der Waals surface area contributed by atoms with E-state index in [-0.39, 0.29) is 11.9 Å². The minimum atomic E-state index is -0.294. The van der Waals surface area contributed by atoms with Gasteiger partial charge in [-0.3, -0.25) is 4.79 Å². The number of rotatable bonds is 4. The molecule has 0 aliphatic carbocycles. The molecule has 2 nitrogen and oxygen atoms in total. The van der Waals surface area contributed by atoms with Crippen LogP contribution in [0.3, 0.4) is 0 Å². The Labute approximate surface area is 76.1 Å². The molecule has 0 heterocycles. The van der Waals surface area contributed by atoms with E-state index in [0.717, 1.165) is 5.56 Å². The fourth-order valence-corrected chi connectivity index (χ4v) is 1.04. The van der Waals surface area contributed by atoms with Gasteiger partial charge in [0.05, 0.1) is 6.04 Å². The van der Waals surface area contributed by atoms with Gasteiger partial charge < -0.3 is 5.32 Å². The Morgan fingerprint density at radius 1 is 1.38 bits per heavy atom. The molecule has 0 bridgehead atoms. The predicted octanol–water partition coefficient (Wildman–Crippen LogP) is 1.80. The summed E-state index contributed by atoms with van der Waals surface area (Å²) < 4.78 is 12.5. The molecule has 1 atom stereocenters. The quantitative estimate of drug-likeness (QED) is 0.554. The van der Waals surface area contributed by atoms with Gasteiger partial charge in [0.2, 0.25) is 6.41 Å². The van der Waals surface area contributed by atoms with Crippen LogP contribution in [0.4, 0.5) is 4.39 Å². The van der Waals surface area contributed by atoms with E-state index in [4.69, 9.17) is 0 Å². The summed E-state index contributed by atoms with van der Waals surface area (Å²) in [4.78, 5) is 10.2. The van der Waals surface area contributed by atoms with Gasteiger partial charge in [-0.05, 0) is 17.7 Å². The SMILES string of the molecule is C=CC(NC=O)c1ccc(F)cc1. The molecule has 1 amide bonds. The average Bonchev–Trinajstić information content (AvgIpc) is 2.16. The normalized spacial score (nSPS) is 11.8. The number of halogens is 1. The van der Waals surface area contributed by atoms with Crippen molar-refractivity contribution in [3.63, 3.8) is 0 Å². The van der Waals surface area contributed by atoms with Crippen LogP contribution >= 0.6 is 0 Å². The van der Waals surface area contributed by atoms with Gasteiger partial charge in [-0.1, -0.05) is 18.2 Å². The third-order valence-electron chi connectivity index (χ3n) is 1.71. The van der Waals surface area contributed by atoms with E-state index in [1.165, 1.54) is 12.1 Å². The highest BCUT2D eigenvalue weighted by atomic mass is 19.1. The number of nitrogens with one attached hydrogen (secondary N) is 1. The van der Waals surface area contributed by atoms with Crippen LogP contribution in [-0.2, 0) is 4.79 Å². The molecule has 0 fully saturated rings. The van der Waals surface area contributed by atoms with E-state index >= 15 is 0 Å². The monoisotopic (exact) mass is 179 g/mol. The molecule has 13 heavy (non-hydrogen) atoms. The van der Waals surface area contributed by atoms with Crippen molar-refractivity contribution in [1.29, 1.82) is 0 Å². The van der Waals surface area contributed by atoms with Gasteiger partial charge in [0.1, 0.15) is 5.82 Å². The lowest BCUT2D eigenvalue weighted by Gasteiger charge is -2.10. The Bertz CT molecular complexity index is 294. The largest absolute Gasteiger partial charge is 0.348 e. The second-order valence-electron chi connectivity index (χ2n) is 2.55. The number of carbonyl (C=O) groups excluding carboxylic acids is 1. The van der Waals surface area contributed by atoms with Gasteiger partial charge in [-0.25, -0.2) is 4.39 Å². The molecule has 0 saturated heterocycles. The van der Waals surface area contributed by atoms with Crippen molar-refractivity contribution in [1.82, 2.24) is 5.32 Å². The number of amides is 1. The molecule has 1 aromatic rings. The zero-order valence-electron chi connectivity index (χ0n) is 7.03. The summed E-state index contributed by atoms with van der Waals surface area (Å²) in [5, 5.41) is 2.55. The maximum atomic E-state index is 12.5. The molecule has 1 unspecified atom stereocenters. The highest BCUT2D eigenvalue weighted by molar-refractivity contribution is 5.48. The van der Waals surface area contributed by atoms with Crippen molar-refractivity contribution >= 4 is 6.41 Å². The van der Waals surface area contributed by atoms with Crippen LogP contribution in [-0.4, -0.2) is 6.41 Å². The predicted molar refractivity (Wildman–Crippen MR) is 48.5 cm³/mol. The second-order valence-corrected chi connectivity index (χ2v) is 2.55. The summed E-state index contributed by atoms with van der Waals surface area (Å²) in [6.45, 7) is 3.56. The van der Waals surface area contributed by atoms with Crippen molar-refractivity contribution < 1.29 is 9.18 Å². The number of hydrogen-bond acceptors (Lipinski definition) is 1. The van der Waals surface area contributed by atoms with Gasteiger partial charge in [-0.15, -0.1) is 6.58 Å². The van der Waals surface area contributed by atoms with Gasteiger partial charge in [-0.2, -0.15) is 0 Å². The van der Waals surface area contributed by atoms with E-state index < -0.39 is 0 Å². The number of benzene rings is 1. The molecule has 0 aliphatic heterocycles. The Morgan fingerprint density at radius 3 is 2.46 bits per heavy atom. The highest BCUT2D eigenvalue weighted by Gasteiger charge is 2.04. The first-order chi connectivity index (χ1) is 6.27. The Hall–Kier alpha value is -1.64. The minimum absolute atomic E-state index is 0.252. The van der Waals surface area contributed by atoms with Crippen molar-refractivity contribution in [3.8, 4) is 0 Å². The lowest BCUT2D eigenvalue weighted by Crippen LogP contribution is -2.16. The summed E-state index contributed by atoms with van der Waals surface area (Å²) in [5.74, 6) is -0.294. The summed E-state index contributed by atoms with van der Waals surface area (Å²) in [7, 11) is 0. The van der Waals surface area contributed by atoms with Crippen LogP contribution in [0.5, 0.6) is 0 Å². The molecule has 1 rings (SSSR count). The summed E-state index contributed by atoms with van der Waals surface area (Å²) >= 11 is 0. The van der Waals surface area contributed by atoms with Crippen molar-refractivity contribution in [2.24, 2.45) is 0 Å². The summed E-state index contributed by atoms with van der Waals surface area (Å²) in [6.07, 6.45) is 2.18. The van der Waals surface area contributed by atoms with Crippen LogP contribution in [0.15, 0.2) is 36.9 Å². The number of hydrogen-bond donors (Lipinski definition) is 1. The maximum absolute atomic E-state index is 12.5. The topological polar surface area (TPSA) is 29.1 Å². The van der Waals surface area contributed by atoms with E-state index in [1.807, 2.05) is 0 Å². The second kappa shape index (κ2) is 4.40.